The minimum atomic E-state index is -0.247. The van der Waals surface area contributed by atoms with E-state index in [4.69, 9.17) is 20.6 Å². The zero-order chi connectivity index (χ0) is 10.6. The van der Waals surface area contributed by atoms with E-state index in [-0.39, 0.29) is 5.79 Å². The van der Waals surface area contributed by atoms with E-state index in [1.807, 2.05) is 0 Å². The molecule has 0 amide bonds. The van der Waals surface area contributed by atoms with Gasteiger partial charge in [-0.2, -0.15) is 0 Å². The maximum absolute atomic E-state index is 5.66. The Morgan fingerprint density at radius 3 is 2.53 bits per heavy atom. The zero-order valence-electron chi connectivity index (χ0n) is 9.04. The van der Waals surface area contributed by atoms with E-state index in [1.54, 1.807) is 0 Å². The highest BCUT2D eigenvalue weighted by molar-refractivity contribution is 4.84. The van der Waals surface area contributed by atoms with Gasteiger partial charge in [0.2, 0.25) is 0 Å². The molecule has 0 radical (unpaired) electrons. The topological polar surface area (TPSA) is 27.7 Å². The number of terminal acetylenes is 1. The molecule has 2 fully saturated rings. The van der Waals surface area contributed by atoms with Crippen LogP contribution in [-0.2, 0) is 14.2 Å². The van der Waals surface area contributed by atoms with E-state index in [1.165, 1.54) is 0 Å². The fraction of sp³-hybridized carbons (Fsp3) is 0.833. The summed E-state index contributed by atoms with van der Waals surface area (Å²) in [4.78, 5) is 0. The van der Waals surface area contributed by atoms with Crippen molar-refractivity contribution in [3.63, 3.8) is 0 Å². The summed E-state index contributed by atoms with van der Waals surface area (Å²) in [5.41, 5.74) is 0. The van der Waals surface area contributed by atoms with E-state index in [2.05, 4.69) is 5.92 Å². The molecule has 1 aliphatic heterocycles. The maximum atomic E-state index is 5.66. The molecule has 15 heavy (non-hydrogen) atoms. The third-order valence-corrected chi connectivity index (χ3v) is 3.22. The fourth-order valence-electron chi connectivity index (χ4n) is 2.35. The van der Waals surface area contributed by atoms with Crippen molar-refractivity contribution in [1.29, 1.82) is 0 Å². The molecule has 1 saturated carbocycles. The summed E-state index contributed by atoms with van der Waals surface area (Å²) in [6, 6.07) is 0. The van der Waals surface area contributed by atoms with Gasteiger partial charge in [0, 0.05) is 12.8 Å². The maximum Gasteiger partial charge on any atom is 0.168 e. The molecule has 1 aliphatic carbocycles. The van der Waals surface area contributed by atoms with Gasteiger partial charge in [-0.1, -0.05) is 5.92 Å². The summed E-state index contributed by atoms with van der Waals surface area (Å²) in [6.45, 7) is 2.70. The molecule has 0 unspecified atom stereocenters. The lowest BCUT2D eigenvalue weighted by Crippen LogP contribution is -2.36. The van der Waals surface area contributed by atoms with Gasteiger partial charge in [0.1, 0.15) is 6.61 Å². The predicted octanol–water partition coefficient (Wildman–Crippen LogP) is 1.57. The molecule has 0 N–H and O–H groups in total. The Bertz CT molecular complexity index is 228. The van der Waals surface area contributed by atoms with Crippen LogP contribution in [0.15, 0.2) is 0 Å². The van der Waals surface area contributed by atoms with Crippen LogP contribution >= 0.6 is 0 Å². The van der Waals surface area contributed by atoms with Crippen LogP contribution in [0.2, 0.25) is 0 Å². The third kappa shape index (κ3) is 2.72. The largest absolute Gasteiger partial charge is 0.369 e. The number of hydrogen-bond donors (Lipinski definition) is 0. The quantitative estimate of drug-likeness (QED) is 0.523. The van der Waals surface area contributed by atoms with E-state index in [0.29, 0.717) is 12.5 Å². The van der Waals surface area contributed by atoms with E-state index < -0.39 is 0 Å². The number of ether oxygens (including phenoxy) is 3. The molecule has 1 spiro atoms. The van der Waals surface area contributed by atoms with Gasteiger partial charge in [0.25, 0.3) is 0 Å². The van der Waals surface area contributed by atoms with Gasteiger partial charge in [0.15, 0.2) is 5.79 Å². The summed E-state index contributed by atoms with van der Waals surface area (Å²) in [5, 5.41) is 0. The van der Waals surface area contributed by atoms with Crippen LogP contribution < -0.4 is 0 Å². The van der Waals surface area contributed by atoms with Crippen molar-refractivity contribution in [3.8, 4) is 12.3 Å². The molecule has 3 nitrogen and oxygen atoms in total. The van der Waals surface area contributed by atoms with Crippen molar-refractivity contribution in [2.75, 3.05) is 26.4 Å². The zero-order valence-corrected chi connectivity index (χ0v) is 9.04. The number of hydrogen-bond acceptors (Lipinski definition) is 3. The van der Waals surface area contributed by atoms with Gasteiger partial charge < -0.3 is 14.2 Å². The Balaban J connectivity index is 1.70. The van der Waals surface area contributed by atoms with Gasteiger partial charge in [-0.3, -0.25) is 0 Å². The van der Waals surface area contributed by atoms with Crippen LogP contribution in [0.4, 0.5) is 0 Å². The standard InChI is InChI=1S/C12H18O3/c1-2-7-13-10-11-3-5-12(6-4-11)14-8-9-15-12/h1,11H,3-10H2. The monoisotopic (exact) mass is 210 g/mol. The van der Waals surface area contributed by atoms with Gasteiger partial charge in [-0.15, -0.1) is 6.42 Å². The average molecular weight is 210 g/mol. The average Bonchev–Trinajstić information content (AvgIpc) is 2.71. The minimum absolute atomic E-state index is 0.247. The first-order valence-electron chi connectivity index (χ1n) is 5.64. The van der Waals surface area contributed by atoms with Gasteiger partial charge >= 0.3 is 0 Å². The van der Waals surface area contributed by atoms with Crippen LogP contribution in [0.3, 0.4) is 0 Å². The van der Waals surface area contributed by atoms with Crippen molar-refractivity contribution in [1.82, 2.24) is 0 Å². The second-order valence-corrected chi connectivity index (χ2v) is 4.27. The molecular formula is C12H18O3. The second-order valence-electron chi connectivity index (χ2n) is 4.27. The predicted molar refractivity (Wildman–Crippen MR) is 56.2 cm³/mol. The molecule has 0 aromatic rings. The van der Waals surface area contributed by atoms with Gasteiger partial charge in [-0.25, -0.2) is 0 Å². The van der Waals surface area contributed by atoms with Crippen LogP contribution in [-0.4, -0.2) is 32.2 Å². The van der Waals surface area contributed by atoms with Crippen molar-refractivity contribution in [2.45, 2.75) is 31.5 Å². The smallest absolute Gasteiger partial charge is 0.168 e. The first-order chi connectivity index (χ1) is 7.35. The molecule has 0 aromatic heterocycles. The van der Waals surface area contributed by atoms with Crippen molar-refractivity contribution >= 4 is 0 Å². The molecule has 1 saturated heterocycles. The normalized spacial score (nSPS) is 25.5. The Hall–Kier alpha value is -0.560. The van der Waals surface area contributed by atoms with Gasteiger partial charge in [0.05, 0.1) is 19.8 Å². The molecular weight excluding hydrogens is 192 g/mol. The number of rotatable bonds is 3. The highest BCUT2D eigenvalue weighted by Gasteiger charge is 2.40. The first-order valence-corrected chi connectivity index (χ1v) is 5.64. The molecule has 3 heteroatoms. The molecule has 2 aliphatic rings. The van der Waals surface area contributed by atoms with E-state index >= 15 is 0 Å². The Morgan fingerprint density at radius 1 is 1.27 bits per heavy atom. The Labute approximate surface area is 91.1 Å². The SMILES string of the molecule is C#CCOCC1CCC2(CC1)OCCO2. The fourth-order valence-corrected chi connectivity index (χ4v) is 2.35. The van der Waals surface area contributed by atoms with Crippen molar-refractivity contribution in [2.24, 2.45) is 5.92 Å². The lowest BCUT2D eigenvalue weighted by Gasteiger charge is -2.35. The molecule has 0 bridgehead atoms. The summed E-state index contributed by atoms with van der Waals surface area (Å²) >= 11 is 0. The lowest BCUT2D eigenvalue weighted by atomic mass is 9.85. The van der Waals surface area contributed by atoms with Crippen molar-refractivity contribution < 1.29 is 14.2 Å². The summed E-state index contributed by atoms with van der Waals surface area (Å²) in [5.74, 6) is 2.86. The summed E-state index contributed by atoms with van der Waals surface area (Å²) in [7, 11) is 0. The van der Waals surface area contributed by atoms with Crippen LogP contribution in [0.1, 0.15) is 25.7 Å². The summed E-state index contributed by atoms with van der Waals surface area (Å²) < 4.78 is 16.7. The van der Waals surface area contributed by atoms with Crippen molar-refractivity contribution in [3.05, 3.63) is 0 Å². The summed E-state index contributed by atoms with van der Waals surface area (Å²) in [6.07, 6.45) is 9.35. The molecule has 1 heterocycles. The van der Waals surface area contributed by atoms with E-state index in [0.717, 1.165) is 45.5 Å². The van der Waals surface area contributed by atoms with Crippen LogP contribution in [0.5, 0.6) is 0 Å². The highest BCUT2D eigenvalue weighted by Crippen LogP contribution is 2.38. The molecule has 0 aromatic carbocycles. The molecule has 84 valence electrons. The third-order valence-electron chi connectivity index (χ3n) is 3.22. The van der Waals surface area contributed by atoms with Gasteiger partial charge in [-0.05, 0) is 18.8 Å². The minimum Gasteiger partial charge on any atom is -0.369 e. The first kappa shape index (κ1) is 10.9. The van der Waals surface area contributed by atoms with Crippen LogP contribution in [0.25, 0.3) is 0 Å². The Morgan fingerprint density at radius 2 is 1.93 bits per heavy atom. The highest BCUT2D eigenvalue weighted by atomic mass is 16.7. The van der Waals surface area contributed by atoms with Crippen LogP contribution in [0, 0.1) is 18.3 Å². The second kappa shape index (κ2) is 4.98. The molecule has 0 atom stereocenters. The van der Waals surface area contributed by atoms with E-state index in [9.17, 15) is 0 Å². The Kier molecular flexibility index (Phi) is 3.63. The lowest BCUT2D eigenvalue weighted by molar-refractivity contribution is -0.184. The molecule has 2 rings (SSSR count).